The molecule has 1 heterocycles. The highest BCUT2D eigenvalue weighted by molar-refractivity contribution is 8.00. The van der Waals surface area contributed by atoms with Crippen LogP contribution in [-0.2, 0) is 16.1 Å². The van der Waals surface area contributed by atoms with Crippen molar-refractivity contribution in [2.24, 2.45) is 4.99 Å². The second-order valence-corrected chi connectivity index (χ2v) is 7.57. The summed E-state index contributed by atoms with van der Waals surface area (Å²) in [5.41, 5.74) is 3.58. The van der Waals surface area contributed by atoms with Crippen molar-refractivity contribution in [3.8, 4) is 0 Å². The van der Waals surface area contributed by atoms with Gasteiger partial charge >= 0.3 is 0 Å². The minimum absolute atomic E-state index is 0.132. The molecule has 0 radical (unpaired) electrons. The van der Waals surface area contributed by atoms with Gasteiger partial charge in [0.1, 0.15) is 5.49 Å². The molecule has 148 valence electrons. The minimum atomic E-state index is -0.258. The van der Waals surface area contributed by atoms with Crippen molar-refractivity contribution in [1.82, 2.24) is 4.57 Å². The summed E-state index contributed by atoms with van der Waals surface area (Å²) in [7, 11) is 0. The molecule has 0 unspecified atom stereocenters. The molecule has 1 N–H and O–H groups in total. The van der Waals surface area contributed by atoms with Gasteiger partial charge in [0.15, 0.2) is 0 Å². The first-order valence-electron chi connectivity index (χ1n) is 9.31. The zero-order valence-electron chi connectivity index (χ0n) is 16.2. The topological polar surface area (TPSA) is 63.5 Å². The van der Waals surface area contributed by atoms with Gasteiger partial charge in [0.05, 0.1) is 11.5 Å². The van der Waals surface area contributed by atoms with Crippen LogP contribution in [0.2, 0.25) is 0 Å². The zero-order chi connectivity index (χ0) is 20.5. The molecule has 0 bridgehead atoms. The van der Waals surface area contributed by atoms with Crippen LogP contribution in [0.5, 0.6) is 0 Å². The lowest BCUT2D eigenvalue weighted by molar-refractivity contribution is -0.115. The fourth-order valence-electron chi connectivity index (χ4n) is 2.79. The first kappa shape index (κ1) is 20.6. The van der Waals surface area contributed by atoms with E-state index in [1.165, 1.54) is 11.8 Å². The Morgan fingerprint density at radius 3 is 2.55 bits per heavy atom. The quantitative estimate of drug-likeness (QED) is 0.653. The summed E-state index contributed by atoms with van der Waals surface area (Å²) >= 11 is 1.26. The number of aryl methyl sites for hydroxylation is 1. The van der Waals surface area contributed by atoms with Crippen molar-refractivity contribution < 1.29 is 9.59 Å². The second-order valence-electron chi connectivity index (χ2n) is 6.59. The van der Waals surface area contributed by atoms with Crippen LogP contribution in [0.25, 0.3) is 0 Å². The Bertz CT molecular complexity index is 1040. The fraction of sp³-hybridized carbons (Fsp3) is 0.174. The smallest absolute Gasteiger partial charge is 0.257 e. The second kappa shape index (κ2) is 10.4. The minimum Gasteiger partial charge on any atom is -0.328 e. The molecule has 2 amide bonds. The Kier molecular flexibility index (Phi) is 7.41. The third-order valence-corrected chi connectivity index (χ3v) is 5.03. The molecule has 0 saturated heterocycles. The number of amides is 2. The monoisotopic (exact) mass is 405 g/mol. The number of nitrogens with zero attached hydrogens (tertiary/aromatic N) is 2. The Balaban J connectivity index is 1.55. The molecule has 6 heteroatoms. The van der Waals surface area contributed by atoms with Gasteiger partial charge in [-0.05, 0) is 42.3 Å². The number of nitrogens with one attached hydrogen (secondary N) is 1. The number of hydrogen-bond donors (Lipinski definition) is 1. The van der Waals surface area contributed by atoms with Crippen LogP contribution < -0.4 is 10.8 Å². The van der Waals surface area contributed by atoms with E-state index in [0.29, 0.717) is 12.0 Å². The third-order valence-electron chi connectivity index (χ3n) is 4.11. The van der Waals surface area contributed by atoms with Crippen molar-refractivity contribution in [3.63, 3.8) is 0 Å². The lowest BCUT2D eigenvalue weighted by atomic mass is 10.2. The highest BCUT2D eigenvalue weighted by Gasteiger charge is 2.06. The normalized spacial score (nSPS) is 11.3. The fourth-order valence-corrected chi connectivity index (χ4v) is 3.39. The molecule has 3 aromatic rings. The Morgan fingerprint density at radius 2 is 1.76 bits per heavy atom. The van der Waals surface area contributed by atoms with E-state index in [-0.39, 0.29) is 23.3 Å². The van der Waals surface area contributed by atoms with Gasteiger partial charge in [0.25, 0.3) is 5.91 Å². The molecule has 3 rings (SSSR count). The number of rotatable bonds is 7. The molecule has 2 aromatic carbocycles. The number of pyridine rings is 1. The van der Waals surface area contributed by atoms with Crippen molar-refractivity contribution in [2.75, 3.05) is 16.8 Å². The molecule has 29 heavy (non-hydrogen) atoms. The van der Waals surface area contributed by atoms with Crippen LogP contribution in [0.15, 0.2) is 84.0 Å². The lowest BCUT2D eigenvalue weighted by Crippen LogP contribution is -2.22. The lowest BCUT2D eigenvalue weighted by Gasteiger charge is -2.07. The highest BCUT2D eigenvalue weighted by Crippen LogP contribution is 2.10. The Labute approximate surface area is 174 Å². The third kappa shape index (κ3) is 6.76. The predicted molar refractivity (Wildman–Crippen MR) is 118 cm³/mol. The van der Waals surface area contributed by atoms with E-state index in [1.54, 1.807) is 0 Å². The maximum atomic E-state index is 12.3. The molecule has 0 aliphatic carbocycles. The van der Waals surface area contributed by atoms with E-state index in [9.17, 15) is 9.59 Å². The van der Waals surface area contributed by atoms with E-state index in [2.05, 4.69) is 10.3 Å². The van der Waals surface area contributed by atoms with Crippen LogP contribution in [0.1, 0.15) is 11.1 Å². The van der Waals surface area contributed by atoms with Gasteiger partial charge in [-0.1, -0.05) is 48.5 Å². The summed E-state index contributed by atoms with van der Waals surface area (Å²) in [6, 6.07) is 23.2. The number of aromatic nitrogens is 1. The van der Waals surface area contributed by atoms with Crippen molar-refractivity contribution in [2.45, 2.75) is 13.5 Å². The average molecular weight is 406 g/mol. The van der Waals surface area contributed by atoms with E-state index in [0.717, 1.165) is 16.8 Å². The highest BCUT2D eigenvalue weighted by atomic mass is 32.2. The van der Waals surface area contributed by atoms with Crippen LogP contribution in [0, 0.1) is 6.92 Å². The largest absolute Gasteiger partial charge is 0.328 e. The number of hydrogen-bond acceptors (Lipinski definition) is 3. The van der Waals surface area contributed by atoms with Crippen molar-refractivity contribution in [1.29, 1.82) is 0 Å². The summed E-state index contributed by atoms with van der Waals surface area (Å²) in [6.45, 7) is 2.61. The van der Waals surface area contributed by atoms with Gasteiger partial charge in [0.2, 0.25) is 5.91 Å². The number of carbonyl (C=O) groups is 2. The first-order valence-corrected chi connectivity index (χ1v) is 10.5. The van der Waals surface area contributed by atoms with Gasteiger partial charge in [-0.25, -0.2) is 0 Å². The average Bonchev–Trinajstić information content (AvgIpc) is 2.70. The maximum absolute atomic E-state index is 12.3. The summed E-state index contributed by atoms with van der Waals surface area (Å²) < 4.78 is 1.93. The molecular weight excluding hydrogens is 382 g/mol. The summed E-state index contributed by atoms with van der Waals surface area (Å²) in [6.07, 6.45) is 1.90. The summed E-state index contributed by atoms with van der Waals surface area (Å²) in [4.78, 5) is 28.5. The molecular formula is C23H23N3O2S. The van der Waals surface area contributed by atoms with Crippen molar-refractivity contribution in [3.05, 3.63) is 95.6 Å². The van der Waals surface area contributed by atoms with E-state index < -0.39 is 0 Å². The van der Waals surface area contributed by atoms with Gasteiger partial charge in [-0.15, -0.1) is 11.8 Å². The molecule has 5 nitrogen and oxygen atoms in total. The predicted octanol–water partition coefficient (Wildman–Crippen LogP) is 3.64. The van der Waals surface area contributed by atoms with Crippen LogP contribution >= 0.6 is 11.8 Å². The maximum Gasteiger partial charge on any atom is 0.257 e. The number of benzene rings is 2. The van der Waals surface area contributed by atoms with Crippen molar-refractivity contribution >= 4 is 29.3 Å². The van der Waals surface area contributed by atoms with E-state index >= 15 is 0 Å². The SMILES string of the molecule is Cc1cccc(NC(=O)CSCC(=O)N=c2ccccn2Cc2ccccc2)c1. The van der Waals surface area contributed by atoms with Gasteiger partial charge < -0.3 is 9.88 Å². The standard InChI is InChI=1S/C23H23N3O2S/c1-18-8-7-11-20(14-18)24-22(27)16-29-17-23(28)25-21-12-5-6-13-26(21)15-19-9-3-2-4-10-19/h2-14H,15-17H2,1H3,(H,24,27). The molecule has 0 aliphatic rings. The summed E-state index contributed by atoms with van der Waals surface area (Å²) in [5, 5.41) is 2.84. The molecule has 0 aliphatic heterocycles. The van der Waals surface area contributed by atoms with E-state index in [1.807, 2.05) is 90.5 Å². The van der Waals surface area contributed by atoms with Crippen LogP contribution in [0.3, 0.4) is 0 Å². The molecule has 0 fully saturated rings. The van der Waals surface area contributed by atoms with Crippen LogP contribution in [-0.4, -0.2) is 27.9 Å². The molecule has 1 aromatic heterocycles. The van der Waals surface area contributed by atoms with E-state index in [4.69, 9.17) is 0 Å². The molecule has 0 spiro atoms. The molecule has 0 saturated carbocycles. The Hall–Kier alpha value is -3.12. The first-order chi connectivity index (χ1) is 14.1. The molecule has 0 atom stereocenters. The van der Waals surface area contributed by atoms with Crippen LogP contribution in [0.4, 0.5) is 5.69 Å². The van der Waals surface area contributed by atoms with Gasteiger partial charge in [-0.3, -0.25) is 9.59 Å². The number of carbonyl (C=O) groups excluding carboxylic acids is 2. The Morgan fingerprint density at radius 1 is 0.966 bits per heavy atom. The number of anilines is 1. The van der Waals surface area contributed by atoms with Gasteiger partial charge in [0, 0.05) is 18.4 Å². The summed E-state index contributed by atoms with van der Waals surface area (Å²) in [5.74, 6) is -0.0335. The zero-order valence-corrected chi connectivity index (χ0v) is 17.1. The number of thioether (sulfide) groups is 1. The van der Waals surface area contributed by atoms with Gasteiger partial charge in [-0.2, -0.15) is 4.99 Å².